The highest BCUT2D eigenvalue weighted by Crippen LogP contribution is 2.31. The number of nitrogens with one attached hydrogen (secondary N) is 1. The summed E-state index contributed by atoms with van der Waals surface area (Å²) in [7, 11) is 0. The number of alkyl halides is 3. The fraction of sp³-hybridized carbons (Fsp3) is 0.600. The molecule has 0 radical (unpaired) electrons. The van der Waals surface area contributed by atoms with Crippen LogP contribution < -0.4 is 10.2 Å². The molecule has 1 aliphatic heterocycles. The summed E-state index contributed by atoms with van der Waals surface area (Å²) < 4.78 is 37.5. The second kappa shape index (κ2) is 9.64. The zero-order valence-electron chi connectivity index (χ0n) is 12.7. The van der Waals surface area contributed by atoms with Crippen molar-refractivity contribution in [3.63, 3.8) is 0 Å². The molecule has 20 heavy (non-hydrogen) atoms. The van der Waals surface area contributed by atoms with Crippen molar-refractivity contribution in [1.29, 1.82) is 0 Å². The lowest BCUT2D eigenvalue weighted by atomic mass is 10.1. The lowest BCUT2D eigenvalue weighted by Crippen LogP contribution is -2.43. The highest BCUT2D eigenvalue weighted by atomic mass is 19.4. The van der Waals surface area contributed by atoms with Crippen LogP contribution in [0.15, 0.2) is 24.3 Å². The van der Waals surface area contributed by atoms with Crippen molar-refractivity contribution in [2.75, 3.05) is 31.1 Å². The molecule has 1 N–H and O–H groups in total. The van der Waals surface area contributed by atoms with E-state index in [9.17, 15) is 13.2 Å². The highest BCUT2D eigenvalue weighted by Gasteiger charge is 2.30. The Morgan fingerprint density at radius 1 is 1.00 bits per heavy atom. The summed E-state index contributed by atoms with van der Waals surface area (Å²) in [4.78, 5) is 1.96. The van der Waals surface area contributed by atoms with Crippen molar-refractivity contribution in [3.05, 3.63) is 29.8 Å². The first-order chi connectivity index (χ1) is 9.57. The average molecular weight is 290 g/mol. The summed E-state index contributed by atoms with van der Waals surface area (Å²) in [5.74, 6) is 0. The van der Waals surface area contributed by atoms with Gasteiger partial charge in [-0.05, 0) is 18.2 Å². The molecule has 1 fully saturated rings. The topological polar surface area (TPSA) is 15.3 Å². The van der Waals surface area contributed by atoms with Gasteiger partial charge in [0, 0.05) is 31.9 Å². The highest BCUT2D eigenvalue weighted by molar-refractivity contribution is 5.49. The number of halogens is 3. The van der Waals surface area contributed by atoms with Crippen LogP contribution in [0.2, 0.25) is 0 Å². The van der Waals surface area contributed by atoms with Crippen molar-refractivity contribution in [2.24, 2.45) is 0 Å². The second-order valence-corrected chi connectivity index (χ2v) is 3.79. The van der Waals surface area contributed by atoms with Gasteiger partial charge in [-0.1, -0.05) is 33.8 Å². The Morgan fingerprint density at radius 3 is 2.05 bits per heavy atom. The maximum Gasteiger partial charge on any atom is 0.416 e. The molecule has 1 aliphatic rings. The van der Waals surface area contributed by atoms with Crippen molar-refractivity contribution in [2.45, 2.75) is 33.9 Å². The Hall–Kier alpha value is -1.23. The van der Waals surface area contributed by atoms with Gasteiger partial charge in [-0.15, -0.1) is 0 Å². The van der Waals surface area contributed by atoms with Crippen molar-refractivity contribution in [3.8, 4) is 0 Å². The maximum absolute atomic E-state index is 12.5. The van der Waals surface area contributed by atoms with Crippen LogP contribution in [0, 0.1) is 0 Å². The summed E-state index contributed by atoms with van der Waals surface area (Å²) in [5.41, 5.74) is 0.0693. The van der Waals surface area contributed by atoms with E-state index < -0.39 is 11.7 Å². The van der Waals surface area contributed by atoms with Gasteiger partial charge in [0.2, 0.25) is 0 Å². The molecule has 0 bridgehead atoms. The molecule has 0 saturated carbocycles. The van der Waals surface area contributed by atoms with Crippen LogP contribution in [0.1, 0.15) is 33.3 Å². The number of anilines is 1. The van der Waals surface area contributed by atoms with Gasteiger partial charge in [-0.3, -0.25) is 0 Å². The van der Waals surface area contributed by atoms with Gasteiger partial charge in [-0.25, -0.2) is 0 Å². The third-order valence-corrected chi connectivity index (χ3v) is 2.66. The van der Waals surface area contributed by atoms with E-state index in [2.05, 4.69) is 5.32 Å². The van der Waals surface area contributed by atoms with E-state index in [1.165, 1.54) is 12.1 Å². The van der Waals surface area contributed by atoms with Crippen LogP contribution in [0.4, 0.5) is 18.9 Å². The molecule has 0 unspecified atom stereocenters. The van der Waals surface area contributed by atoms with Gasteiger partial charge >= 0.3 is 6.18 Å². The van der Waals surface area contributed by atoms with E-state index in [4.69, 9.17) is 0 Å². The Morgan fingerprint density at radius 2 is 1.55 bits per heavy atom. The predicted molar refractivity (Wildman–Crippen MR) is 79.2 cm³/mol. The third-order valence-electron chi connectivity index (χ3n) is 2.66. The van der Waals surface area contributed by atoms with Crippen LogP contribution in [0.5, 0.6) is 0 Å². The molecule has 116 valence electrons. The standard InChI is InChI=1S/C11H13F3N2.2C2H6/c12-11(13,14)9-2-1-3-10(8-9)16-6-4-15-5-7-16;2*1-2/h1-3,8,15H,4-7H2;2*1-2H3. The number of hydrogen-bond donors (Lipinski definition) is 1. The molecule has 0 spiro atoms. The normalized spacial score (nSPS) is 14.7. The Balaban J connectivity index is 0.000000829. The quantitative estimate of drug-likeness (QED) is 0.835. The minimum absolute atomic E-state index is 0.580. The number of rotatable bonds is 1. The average Bonchev–Trinajstić information content (AvgIpc) is 2.51. The molecule has 5 heteroatoms. The first-order valence-electron chi connectivity index (χ1n) is 7.20. The lowest BCUT2D eigenvalue weighted by molar-refractivity contribution is -0.137. The van der Waals surface area contributed by atoms with Crippen LogP contribution in [0.25, 0.3) is 0 Å². The molecular formula is C15H25F3N2. The molecular weight excluding hydrogens is 265 g/mol. The number of piperazine rings is 1. The molecule has 2 rings (SSSR count). The largest absolute Gasteiger partial charge is 0.416 e. The van der Waals surface area contributed by atoms with E-state index in [1.54, 1.807) is 6.07 Å². The maximum atomic E-state index is 12.5. The lowest BCUT2D eigenvalue weighted by Gasteiger charge is -2.29. The fourth-order valence-electron chi connectivity index (χ4n) is 1.80. The van der Waals surface area contributed by atoms with Crippen LogP contribution >= 0.6 is 0 Å². The number of benzene rings is 1. The minimum Gasteiger partial charge on any atom is -0.369 e. The van der Waals surface area contributed by atoms with Gasteiger partial charge in [0.25, 0.3) is 0 Å². The van der Waals surface area contributed by atoms with Gasteiger partial charge in [-0.2, -0.15) is 13.2 Å². The van der Waals surface area contributed by atoms with Gasteiger partial charge in [0.15, 0.2) is 0 Å². The summed E-state index contributed by atoms with van der Waals surface area (Å²) in [5, 5.41) is 3.17. The molecule has 2 nitrogen and oxygen atoms in total. The summed E-state index contributed by atoms with van der Waals surface area (Å²) in [6.45, 7) is 11.1. The monoisotopic (exact) mass is 290 g/mol. The SMILES string of the molecule is CC.CC.FC(F)(F)c1cccc(N2CCNCC2)c1. The minimum atomic E-state index is -4.26. The number of nitrogens with zero attached hydrogens (tertiary/aromatic N) is 1. The zero-order valence-corrected chi connectivity index (χ0v) is 12.7. The van der Waals surface area contributed by atoms with Crippen molar-refractivity contribution in [1.82, 2.24) is 5.32 Å². The second-order valence-electron chi connectivity index (χ2n) is 3.79. The molecule has 0 aromatic heterocycles. The molecule has 1 saturated heterocycles. The predicted octanol–water partition coefficient (Wildman–Crippen LogP) is 4.17. The van der Waals surface area contributed by atoms with E-state index in [-0.39, 0.29) is 0 Å². The molecule has 0 atom stereocenters. The summed E-state index contributed by atoms with van der Waals surface area (Å²) in [6.07, 6.45) is -4.26. The molecule has 1 aromatic carbocycles. The van der Waals surface area contributed by atoms with Crippen LogP contribution in [-0.4, -0.2) is 26.2 Å². The van der Waals surface area contributed by atoms with Crippen molar-refractivity contribution < 1.29 is 13.2 Å². The summed E-state index contributed by atoms with van der Waals surface area (Å²) in [6, 6.07) is 5.50. The summed E-state index contributed by atoms with van der Waals surface area (Å²) >= 11 is 0. The van der Waals surface area contributed by atoms with Gasteiger partial charge in [0.05, 0.1) is 5.56 Å². The molecule has 1 aromatic rings. The Labute approximate surface area is 120 Å². The van der Waals surface area contributed by atoms with Crippen LogP contribution in [0.3, 0.4) is 0 Å². The van der Waals surface area contributed by atoms with Gasteiger partial charge in [0.1, 0.15) is 0 Å². The van der Waals surface area contributed by atoms with Crippen molar-refractivity contribution >= 4 is 5.69 Å². The van der Waals surface area contributed by atoms with E-state index in [0.29, 0.717) is 5.69 Å². The molecule has 1 heterocycles. The van der Waals surface area contributed by atoms with Gasteiger partial charge < -0.3 is 10.2 Å². The first-order valence-corrected chi connectivity index (χ1v) is 7.20. The first kappa shape index (κ1) is 18.8. The third kappa shape index (κ3) is 5.82. The molecule has 0 amide bonds. The number of hydrogen-bond acceptors (Lipinski definition) is 2. The smallest absolute Gasteiger partial charge is 0.369 e. The molecule has 0 aliphatic carbocycles. The zero-order chi connectivity index (χ0) is 15.6. The van der Waals surface area contributed by atoms with Crippen LogP contribution in [-0.2, 0) is 6.18 Å². The Bertz CT molecular complexity index is 358. The fourth-order valence-corrected chi connectivity index (χ4v) is 1.80. The Kier molecular flexibility index (Phi) is 9.05. The van der Waals surface area contributed by atoms with E-state index in [0.717, 1.165) is 32.2 Å². The van der Waals surface area contributed by atoms with E-state index in [1.807, 2.05) is 32.6 Å². The van der Waals surface area contributed by atoms with E-state index >= 15 is 0 Å².